The molecule has 0 amide bonds. The van der Waals surface area contributed by atoms with Crippen molar-refractivity contribution in [3.8, 4) is 0 Å². The van der Waals surface area contributed by atoms with Gasteiger partial charge in [0.1, 0.15) is 5.82 Å². The molecular weight excluding hydrogens is 302 g/mol. The molecule has 7 nitrogen and oxygen atoms in total. The van der Waals surface area contributed by atoms with Gasteiger partial charge in [0.15, 0.2) is 5.03 Å². The SMILES string of the molecule is CCn1cnc(S(=O)(=O)Nc2ccnn2[C@H](C)CC(C)C)c1. The van der Waals surface area contributed by atoms with Gasteiger partial charge in [-0.05, 0) is 26.2 Å². The van der Waals surface area contributed by atoms with E-state index in [1.807, 2.05) is 13.8 Å². The largest absolute Gasteiger partial charge is 0.336 e. The minimum Gasteiger partial charge on any atom is -0.336 e. The van der Waals surface area contributed by atoms with Crippen LogP contribution in [0.25, 0.3) is 0 Å². The Morgan fingerprint density at radius 3 is 2.64 bits per heavy atom. The number of nitrogens with one attached hydrogen (secondary N) is 1. The summed E-state index contributed by atoms with van der Waals surface area (Å²) in [5.41, 5.74) is 0. The number of nitrogens with zero attached hydrogens (tertiary/aromatic N) is 4. The highest BCUT2D eigenvalue weighted by atomic mass is 32.2. The molecule has 0 aliphatic heterocycles. The molecule has 0 bridgehead atoms. The van der Waals surface area contributed by atoms with Crippen LogP contribution in [0.4, 0.5) is 5.82 Å². The van der Waals surface area contributed by atoms with Crippen LogP contribution in [0, 0.1) is 5.92 Å². The molecule has 0 unspecified atom stereocenters. The van der Waals surface area contributed by atoms with E-state index in [0.29, 0.717) is 18.3 Å². The fourth-order valence-electron chi connectivity index (χ4n) is 2.37. The van der Waals surface area contributed by atoms with Gasteiger partial charge in [-0.3, -0.25) is 4.72 Å². The van der Waals surface area contributed by atoms with Crippen molar-refractivity contribution >= 4 is 15.8 Å². The molecule has 1 atom stereocenters. The Morgan fingerprint density at radius 1 is 1.32 bits per heavy atom. The summed E-state index contributed by atoms with van der Waals surface area (Å²) in [5.74, 6) is 0.961. The Labute approximate surface area is 131 Å². The summed E-state index contributed by atoms with van der Waals surface area (Å²) < 4.78 is 30.8. The van der Waals surface area contributed by atoms with Gasteiger partial charge in [-0.25, -0.2) is 9.67 Å². The highest BCUT2D eigenvalue weighted by molar-refractivity contribution is 7.92. The minimum atomic E-state index is -3.70. The number of aromatic nitrogens is 4. The summed E-state index contributed by atoms with van der Waals surface area (Å²) in [6.07, 6.45) is 5.54. The van der Waals surface area contributed by atoms with Crippen LogP contribution in [-0.4, -0.2) is 27.7 Å². The van der Waals surface area contributed by atoms with E-state index < -0.39 is 10.0 Å². The Kier molecular flexibility index (Phi) is 4.90. The van der Waals surface area contributed by atoms with Crippen LogP contribution in [0.3, 0.4) is 0 Å². The molecule has 0 radical (unpaired) electrons. The van der Waals surface area contributed by atoms with Crippen molar-refractivity contribution < 1.29 is 8.42 Å². The lowest BCUT2D eigenvalue weighted by atomic mass is 10.1. The number of rotatable bonds is 7. The summed E-state index contributed by atoms with van der Waals surface area (Å²) in [7, 11) is -3.70. The molecule has 2 rings (SSSR count). The van der Waals surface area contributed by atoms with Gasteiger partial charge in [0.05, 0.1) is 18.6 Å². The molecule has 2 heterocycles. The number of aryl methyl sites for hydroxylation is 1. The lowest BCUT2D eigenvalue weighted by molar-refractivity contribution is 0.402. The predicted molar refractivity (Wildman–Crippen MR) is 85.1 cm³/mol. The average molecular weight is 325 g/mol. The Hall–Kier alpha value is -1.83. The first-order chi connectivity index (χ1) is 10.3. The van der Waals surface area contributed by atoms with Crippen LogP contribution in [-0.2, 0) is 16.6 Å². The van der Waals surface area contributed by atoms with E-state index in [9.17, 15) is 8.42 Å². The van der Waals surface area contributed by atoms with Crippen molar-refractivity contribution in [3.63, 3.8) is 0 Å². The van der Waals surface area contributed by atoms with Crippen LogP contribution in [0.5, 0.6) is 0 Å². The quantitative estimate of drug-likeness (QED) is 0.848. The van der Waals surface area contributed by atoms with Crippen LogP contribution in [0.15, 0.2) is 29.8 Å². The van der Waals surface area contributed by atoms with Gasteiger partial charge in [-0.1, -0.05) is 13.8 Å². The van der Waals surface area contributed by atoms with Gasteiger partial charge in [0.25, 0.3) is 10.0 Å². The lowest BCUT2D eigenvalue weighted by Crippen LogP contribution is -2.19. The van der Waals surface area contributed by atoms with Gasteiger partial charge in [-0.2, -0.15) is 13.5 Å². The number of hydrogen-bond acceptors (Lipinski definition) is 4. The van der Waals surface area contributed by atoms with Crippen molar-refractivity contribution in [1.29, 1.82) is 0 Å². The van der Waals surface area contributed by atoms with Gasteiger partial charge >= 0.3 is 0 Å². The average Bonchev–Trinajstić information content (AvgIpc) is 3.05. The molecular formula is C14H23N5O2S. The lowest BCUT2D eigenvalue weighted by Gasteiger charge is -2.17. The number of imidazole rings is 1. The van der Waals surface area contributed by atoms with E-state index in [0.717, 1.165) is 6.42 Å². The summed E-state index contributed by atoms with van der Waals surface area (Å²) in [4.78, 5) is 3.94. The second kappa shape index (κ2) is 6.51. The third kappa shape index (κ3) is 3.68. The Balaban J connectivity index is 2.22. The smallest absolute Gasteiger partial charge is 0.282 e. The first kappa shape index (κ1) is 16.5. The molecule has 0 saturated carbocycles. The number of hydrogen-bond donors (Lipinski definition) is 1. The summed E-state index contributed by atoms with van der Waals surface area (Å²) in [6, 6.07) is 1.77. The molecule has 8 heteroatoms. The van der Waals surface area contributed by atoms with Crippen molar-refractivity contribution in [2.45, 2.75) is 51.7 Å². The van der Waals surface area contributed by atoms with Crippen LogP contribution in [0.1, 0.15) is 40.2 Å². The first-order valence-electron chi connectivity index (χ1n) is 7.41. The third-order valence-electron chi connectivity index (χ3n) is 3.39. The second-order valence-corrected chi connectivity index (χ2v) is 7.42. The van der Waals surface area contributed by atoms with Crippen molar-refractivity contribution in [3.05, 3.63) is 24.8 Å². The summed E-state index contributed by atoms with van der Waals surface area (Å²) in [6.45, 7) is 8.87. The van der Waals surface area contributed by atoms with Crippen molar-refractivity contribution in [2.24, 2.45) is 5.92 Å². The van der Waals surface area contributed by atoms with E-state index in [2.05, 4.69) is 28.7 Å². The molecule has 0 aliphatic carbocycles. The monoisotopic (exact) mass is 325 g/mol. The van der Waals surface area contributed by atoms with Crippen LogP contribution >= 0.6 is 0 Å². The molecule has 22 heavy (non-hydrogen) atoms. The molecule has 0 aromatic carbocycles. The van der Waals surface area contributed by atoms with Gasteiger partial charge in [0.2, 0.25) is 0 Å². The van der Waals surface area contributed by atoms with E-state index in [4.69, 9.17) is 0 Å². The predicted octanol–water partition coefficient (Wildman–Crippen LogP) is 2.51. The molecule has 2 aromatic rings. The molecule has 0 fully saturated rings. The van der Waals surface area contributed by atoms with Gasteiger partial charge < -0.3 is 4.57 Å². The molecule has 0 saturated heterocycles. The minimum absolute atomic E-state index is 0.0126. The van der Waals surface area contributed by atoms with Crippen LogP contribution < -0.4 is 4.72 Å². The highest BCUT2D eigenvalue weighted by Crippen LogP contribution is 2.22. The zero-order valence-corrected chi connectivity index (χ0v) is 14.2. The summed E-state index contributed by atoms with van der Waals surface area (Å²) in [5, 5.41) is 4.25. The Bertz CT molecular complexity index is 717. The van der Waals surface area contributed by atoms with Gasteiger partial charge in [-0.15, -0.1) is 0 Å². The number of anilines is 1. The van der Waals surface area contributed by atoms with Crippen molar-refractivity contribution in [1.82, 2.24) is 19.3 Å². The first-order valence-corrected chi connectivity index (χ1v) is 8.90. The zero-order chi connectivity index (χ0) is 16.3. The van der Waals surface area contributed by atoms with E-state index in [1.165, 1.54) is 12.5 Å². The van der Waals surface area contributed by atoms with E-state index in [-0.39, 0.29) is 11.1 Å². The normalized spacial score (nSPS) is 13.5. The maximum absolute atomic E-state index is 12.4. The van der Waals surface area contributed by atoms with E-state index >= 15 is 0 Å². The third-order valence-corrected chi connectivity index (χ3v) is 4.63. The molecule has 0 spiro atoms. The van der Waals surface area contributed by atoms with E-state index in [1.54, 1.807) is 21.5 Å². The highest BCUT2D eigenvalue weighted by Gasteiger charge is 2.21. The number of sulfonamides is 1. The molecule has 122 valence electrons. The fraction of sp³-hybridized carbons (Fsp3) is 0.571. The molecule has 2 aromatic heterocycles. The summed E-state index contributed by atoms with van der Waals surface area (Å²) >= 11 is 0. The Morgan fingerprint density at radius 2 is 2.05 bits per heavy atom. The zero-order valence-electron chi connectivity index (χ0n) is 13.4. The van der Waals surface area contributed by atoms with Gasteiger partial charge in [0, 0.05) is 18.8 Å². The molecule has 0 aliphatic rings. The maximum Gasteiger partial charge on any atom is 0.282 e. The second-order valence-electron chi connectivity index (χ2n) is 5.79. The van der Waals surface area contributed by atoms with Crippen molar-refractivity contribution in [2.75, 3.05) is 4.72 Å². The molecule has 1 N–H and O–H groups in total. The topological polar surface area (TPSA) is 81.8 Å². The standard InChI is InChI=1S/C14H23N5O2S/c1-5-18-9-14(15-10-18)22(20,21)17-13-6-7-16-19(13)12(4)8-11(2)3/h6-7,9-12,17H,5,8H2,1-4H3/t12-/m1/s1. The maximum atomic E-state index is 12.4. The fourth-order valence-corrected chi connectivity index (χ4v) is 3.37. The van der Waals surface area contributed by atoms with Crippen LogP contribution in [0.2, 0.25) is 0 Å².